The molecule has 2 saturated heterocycles. The van der Waals surface area contributed by atoms with Crippen LogP contribution in [-0.4, -0.2) is 71.5 Å². The van der Waals surface area contributed by atoms with E-state index in [2.05, 4.69) is 0 Å². The van der Waals surface area contributed by atoms with Gasteiger partial charge in [-0.25, -0.2) is 0 Å². The highest BCUT2D eigenvalue weighted by Crippen LogP contribution is 2.32. The molecule has 0 aromatic heterocycles. The Morgan fingerprint density at radius 3 is 2.21 bits per heavy atom. The van der Waals surface area contributed by atoms with Crippen LogP contribution in [0.25, 0.3) is 0 Å². The molecule has 3 amide bonds. The minimum atomic E-state index is -4.43. The van der Waals surface area contributed by atoms with Crippen molar-refractivity contribution in [2.75, 3.05) is 37.7 Å². The number of hydrogen-bond acceptors (Lipinski definition) is 5. The summed E-state index contributed by atoms with van der Waals surface area (Å²) >= 11 is 0. The summed E-state index contributed by atoms with van der Waals surface area (Å²) in [4.78, 5) is 40.4. The topological polar surface area (TPSA) is 81.2 Å². The van der Waals surface area contributed by atoms with Gasteiger partial charge in [0.25, 0.3) is 0 Å². The number of halogens is 3. The summed E-state index contributed by atoms with van der Waals surface area (Å²) in [7, 11) is 0. The summed E-state index contributed by atoms with van der Waals surface area (Å²) in [6.45, 7) is 0.355. The quantitative estimate of drug-likeness (QED) is 0.760. The predicted octanol–water partition coefficient (Wildman–Crippen LogP) is 0.864. The first kappa shape index (κ1) is 20.1. The molecular formula is C18H20F3N3O4. The molecule has 28 heavy (non-hydrogen) atoms. The van der Waals surface area contributed by atoms with Crippen LogP contribution >= 0.6 is 0 Å². The van der Waals surface area contributed by atoms with Crippen molar-refractivity contribution in [1.82, 2.24) is 9.80 Å². The molecular weight excluding hydrogens is 379 g/mol. The van der Waals surface area contributed by atoms with Crippen molar-refractivity contribution in [2.24, 2.45) is 0 Å². The SMILES string of the molecule is O=C(C(CO)N1C(=O)CCC1=O)N1CCN(c2cccc(C(F)(F)F)c2)CC1. The van der Waals surface area contributed by atoms with E-state index in [4.69, 9.17) is 0 Å². The molecule has 1 N–H and O–H groups in total. The number of rotatable bonds is 4. The minimum absolute atomic E-state index is 0.0198. The number of carbonyl (C=O) groups excluding carboxylic acids is 3. The van der Waals surface area contributed by atoms with Crippen LogP contribution in [0.3, 0.4) is 0 Å². The molecule has 1 aromatic rings. The van der Waals surface area contributed by atoms with Crippen molar-refractivity contribution in [3.63, 3.8) is 0 Å². The smallest absolute Gasteiger partial charge is 0.394 e. The number of amides is 3. The Morgan fingerprint density at radius 1 is 1.07 bits per heavy atom. The molecule has 0 bridgehead atoms. The molecule has 2 heterocycles. The van der Waals surface area contributed by atoms with Gasteiger partial charge < -0.3 is 14.9 Å². The Balaban J connectivity index is 1.65. The van der Waals surface area contributed by atoms with Crippen LogP contribution < -0.4 is 4.90 Å². The highest BCUT2D eigenvalue weighted by molar-refractivity contribution is 6.05. The maximum atomic E-state index is 12.9. The van der Waals surface area contributed by atoms with Crippen LogP contribution in [-0.2, 0) is 20.6 Å². The highest BCUT2D eigenvalue weighted by atomic mass is 19.4. The summed E-state index contributed by atoms with van der Waals surface area (Å²) in [6.07, 6.45) is -4.39. The number of carbonyl (C=O) groups is 3. The summed E-state index contributed by atoms with van der Waals surface area (Å²) in [5, 5.41) is 9.55. The lowest BCUT2D eigenvalue weighted by molar-refractivity contribution is -0.152. The summed E-state index contributed by atoms with van der Waals surface area (Å²) < 4.78 is 38.7. The first-order chi connectivity index (χ1) is 13.2. The van der Waals surface area contributed by atoms with E-state index < -0.39 is 42.1 Å². The zero-order valence-electron chi connectivity index (χ0n) is 15.0. The Morgan fingerprint density at radius 2 is 1.68 bits per heavy atom. The van der Waals surface area contributed by atoms with Crippen molar-refractivity contribution in [3.8, 4) is 0 Å². The monoisotopic (exact) mass is 399 g/mol. The molecule has 152 valence electrons. The van der Waals surface area contributed by atoms with Crippen LogP contribution in [0.4, 0.5) is 18.9 Å². The molecule has 0 saturated carbocycles. The molecule has 2 aliphatic rings. The van der Waals surface area contributed by atoms with Gasteiger partial charge in [-0.05, 0) is 18.2 Å². The fourth-order valence-electron chi connectivity index (χ4n) is 3.49. The second-order valence-electron chi connectivity index (χ2n) is 6.72. The number of imide groups is 1. The first-order valence-electron chi connectivity index (χ1n) is 8.89. The van der Waals surface area contributed by atoms with Gasteiger partial charge in [0.2, 0.25) is 17.7 Å². The van der Waals surface area contributed by atoms with Gasteiger partial charge in [0.15, 0.2) is 0 Å². The van der Waals surface area contributed by atoms with E-state index in [9.17, 15) is 32.7 Å². The van der Waals surface area contributed by atoms with E-state index >= 15 is 0 Å². The third kappa shape index (κ3) is 3.96. The van der Waals surface area contributed by atoms with Crippen molar-refractivity contribution in [2.45, 2.75) is 25.1 Å². The maximum Gasteiger partial charge on any atom is 0.416 e. The molecule has 3 rings (SSSR count). The van der Waals surface area contributed by atoms with Gasteiger partial charge in [0.1, 0.15) is 6.04 Å². The second kappa shape index (κ2) is 7.78. The van der Waals surface area contributed by atoms with E-state index in [-0.39, 0.29) is 25.9 Å². The van der Waals surface area contributed by atoms with E-state index in [1.54, 1.807) is 11.0 Å². The largest absolute Gasteiger partial charge is 0.416 e. The molecule has 1 atom stereocenters. The predicted molar refractivity (Wildman–Crippen MR) is 92.2 cm³/mol. The zero-order valence-corrected chi connectivity index (χ0v) is 15.0. The molecule has 0 aliphatic carbocycles. The number of hydrogen-bond donors (Lipinski definition) is 1. The average Bonchev–Trinajstić information content (AvgIpc) is 3.01. The first-order valence-corrected chi connectivity index (χ1v) is 8.89. The number of alkyl halides is 3. The number of benzene rings is 1. The highest BCUT2D eigenvalue weighted by Gasteiger charge is 2.40. The third-order valence-corrected chi connectivity index (χ3v) is 4.99. The standard InChI is InChI=1S/C18H20F3N3O4/c19-18(20,21)12-2-1-3-13(10-12)22-6-8-23(9-7-22)17(28)14(11-25)24-15(26)4-5-16(24)27/h1-3,10,14,25H,4-9,11H2. The van der Waals surface area contributed by atoms with Crippen molar-refractivity contribution < 1.29 is 32.7 Å². The molecule has 1 unspecified atom stereocenters. The van der Waals surface area contributed by atoms with E-state index in [0.29, 0.717) is 18.8 Å². The lowest BCUT2D eigenvalue weighted by Crippen LogP contribution is -2.57. The van der Waals surface area contributed by atoms with Gasteiger partial charge in [-0.3, -0.25) is 19.3 Å². The minimum Gasteiger partial charge on any atom is -0.394 e. The lowest BCUT2D eigenvalue weighted by atomic mass is 10.1. The van der Waals surface area contributed by atoms with Crippen molar-refractivity contribution >= 4 is 23.4 Å². The number of nitrogens with zero attached hydrogens (tertiary/aromatic N) is 3. The van der Waals surface area contributed by atoms with E-state index in [0.717, 1.165) is 17.0 Å². The van der Waals surface area contributed by atoms with Crippen LogP contribution in [0.2, 0.25) is 0 Å². The summed E-state index contributed by atoms with van der Waals surface area (Å²) in [5.74, 6) is -1.50. The lowest BCUT2D eigenvalue weighted by Gasteiger charge is -2.38. The summed E-state index contributed by atoms with van der Waals surface area (Å²) in [6, 6.07) is 3.73. The molecule has 0 spiro atoms. The maximum absolute atomic E-state index is 12.9. The normalized spacial score (nSPS) is 19.4. The number of aliphatic hydroxyl groups is 1. The van der Waals surface area contributed by atoms with Crippen LogP contribution in [0.5, 0.6) is 0 Å². The number of anilines is 1. The van der Waals surface area contributed by atoms with Crippen LogP contribution in [0.1, 0.15) is 18.4 Å². The molecule has 10 heteroatoms. The Hall–Kier alpha value is -2.62. The average molecular weight is 399 g/mol. The second-order valence-corrected chi connectivity index (χ2v) is 6.72. The van der Waals surface area contributed by atoms with Gasteiger partial charge in [-0.2, -0.15) is 13.2 Å². The van der Waals surface area contributed by atoms with Gasteiger partial charge in [-0.1, -0.05) is 6.07 Å². The molecule has 2 aliphatic heterocycles. The third-order valence-electron chi connectivity index (χ3n) is 4.99. The Kier molecular flexibility index (Phi) is 5.59. The van der Waals surface area contributed by atoms with Crippen molar-refractivity contribution in [1.29, 1.82) is 0 Å². The van der Waals surface area contributed by atoms with Gasteiger partial charge >= 0.3 is 6.18 Å². The number of piperazine rings is 1. The van der Waals surface area contributed by atoms with Gasteiger partial charge in [0.05, 0.1) is 12.2 Å². The number of aliphatic hydroxyl groups excluding tert-OH is 1. The van der Waals surface area contributed by atoms with Crippen LogP contribution in [0.15, 0.2) is 24.3 Å². The van der Waals surface area contributed by atoms with Gasteiger partial charge in [-0.15, -0.1) is 0 Å². The van der Waals surface area contributed by atoms with Crippen molar-refractivity contribution in [3.05, 3.63) is 29.8 Å². The molecule has 1 aromatic carbocycles. The zero-order chi connectivity index (χ0) is 20.5. The van der Waals surface area contributed by atoms with Crippen LogP contribution in [0, 0.1) is 0 Å². The Labute approximate surface area is 159 Å². The molecule has 0 radical (unpaired) electrons. The number of likely N-dealkylation sites (tertiary alicyclic amines) is 1. The van der Waals surface area contributed by atoms with E-state index in [1.807, 2.05) is 0 Å². The van der Waals surface area contributed by atoms with Gasteiger partial charge in [0, 0.05) is 44.7 Å². The van der Waals surface area contributed by atoms with E-state index in [1.165, 1.54) is 11.0 Å². The Bertz CT molecular complexity index is 760. The fourth-order valence-corrected chi connectivity index (χ4v) is 3.49. The fraction of sp³-hybridized carbons (Fsp3) is 0.500. The summed E-state index contributed by atoms with van der Waals surface area (Å²) in [5.41, 5.74) is -0.333. The molecule has 7 nitrogen and oxygen atoms in total. The molecule has 2 fully saturated rings.